The molecule has 164 valence electrons. The lowest BCUT2D eigenvalue weighted by atomic mass is 10.1. The maximum absolute atomic E-state index is 12.6. The van der Waals surface area contributed by atoms with Crippen molar-refractivity contribution in [1.82, 2.24) is 4.90 Å². The third-order valence-electron chi connectivity index (χ3n) is 4.95. The van der Waals surface area contributed by atoms with E-state index in [0.717, 1.165) is 16.4 Å². The summed E-state index contributed by atoms with van der Waals surface area (Å²) in [4.78, 5) is 26.5. The average Bonchev–Trinajstić information content (AvgIpc) is 3.11. The van der Waals surface area contributed by atoms with Crippen molar-refractivity contribution in [3.8, 4) is 5.75 Å². The number of ether oxygens (including phenoxy) is 1. The number of benzene rings is 3. The van der Waals surface area contributed by atoms with Crippen LogP contribution in [0.5, 0.6) is 5.75 Å². The molecule has 0 bridgehead atoms. The molecule has 2 N–H and O–H groups in total. The Labute approximate surface area is 189 Å². The second-order valence-electron chi connectivity index (χ2n) is 7.40. The average molecular weight is 452 g/mol. The fraction of sp³-hybridized carbons (Fsp3) is 0.167. The van der Waals surface area contributed by atoms with Gasteiger partial charge < -0.3 is 19.8 Å². The minimum Gasteiger partial charge on any atom is -0.495 e. The maximum Gasteiger partial charge on any atom is 0.238 e. The minimum atomic E-state index is -0.285. The smallest absolute Gasteiger partial charge is 0.238 e. The molecule has 8 heteroatoms. The van der Waals surface area contributed by atoms with E-state index in [9.17, 15) is 9.59 Å². The summed E-state index contributed by atoms with van der Waals surface area (Å²) in [5, 5.41) is 7.92. The number of anilines is 2. The third kappa shape index (κ3) is 4.69. The van der Waals surface area contributed by atoms with Gasteiger partial charge in [0.2, 0.25) is 11.8 Å². The third-order valence-corrected chi connectivity index (χ3v) is 5.28. The Morgan fingerprint density at radius 3 is 2.28 bits per heavy atom. The van der Waals surface area contributed by atoms with Crippen LogP contribution in [0, 0.1) is 0 Å². The van der Waals surface area contributed by atoms with Gasteiger partial charge in [-0.05, 0) is 31.3 Å². The van der Waals surface area contributed by atoms with Crippen molar-refractivity contribution in [3.05, 3.63) is 65.7 Å². The number of nitrogens with zero attached hydrogens (tertiary/aromatic N) is 1. The first kappa shape index (κ1) is 21.7. The van der Waals surface area contributed by atoms with E-state index in [0.29, 0.717) is 27.7 Å². The first-order valence-electron chi connectivity index (χ1n) is 9.96. The van der Waals surface area contributed by atoms with Crippen LogP contribution in [0.15, 0.2) is 65.1 Å². The van der Waals surface area contributed by atoms with Crippen molar-refractivity contribution in [1.29, 1.82) is 0 Å². The Morgan fingerprint density at radius 1 is 0.906 bits per heavy atom. The molecule has 0 radical (unpaired) electrons. The lowest BCUT2D eigenvalue weighted by Crippen LogP contribution is -2.36. The molecule has 4 rings (SSSR count). The normalized spacial score (nSPS) is 11.1. The molecule has 0 atom stereocenters. The quantitative estimate of drug-likeness (QED) is 0.423. The number of methoxy groups -OCH3 is 1. The van der Waals surface area contributed by atoms with Crippen LogP contribution in [0.1, 0.15) is 0 Å². The molecular weight excluding hydrogens is 430 g/mol. The molecule has 0 fully saturated rings. The highest BCUT2D eigenvalue weighted by Crippen LogP contribution is 2.36. The number of carbonyl (C=O) groups excluding carboxylic acids is 2. The minimum absolute atomic E-state index is 0.0112. The van der Waals surface area contributed by atoms with Gasteiger partial charge in [0.25, 0.3) is 0 Å². The highest BCUT2D eigenvalue weighted by Gasteiger charge is 2.16. The zero-order chi connectivity index (χ0) is 22.7. The van der Waals surface area contributed by atoms with Crippen molar-refractivity contribution in [2.45, 2.75) is 0 Å². The number of likely N-dealkylation sites (N-methyl/N-ethyl adjacent to an activating group) is 1. The molecule has 0 aliphatic carbocycles. The van der Waals surface area contributed by atoms with E-state index in [2.05, 4.69) is 10.6 Å². The molecule has 0 aliphatic rings. The first-order valence-corrected chi connectivity index (χ1v) is 10.3. The van der Waals surface area contributed by atoms with Crippen LogP contribution < -0.4 is 15.4 Å². The number of amides is 2. The zero-order valence-electron chi connectivity index (χ0n) is 17.6. The van der Waals surface area contributed by atoms with E-state index in [1.165, 1.54) is 0 Å². The molecule has 7 nitrogen and oxygen atoms in total. The van der Waals surface area contributed by atoms with Crippen LogP contribution in [-0.2, 0) is 9.59 Å². The van der Waals surface area contributed by atoms with Crippen molar-refractivity contribution < 1.29 is 18.7 Å². The van der Waals surface area contributed by atoms with E-state index in [-0.39, 0.29) is 24.9 Å². The first-order chi connectivity index (χ1) is 15.4. The monoisotopic (exact) mass is 451 g/mol. The van der Waals surface area contributed by atoms with Crippen molar-refractivity contribution in [2.24, 2.45) is 0 Å². The van der Waals surface area contributed by atoms with E-state index in [4.69, 9.17) is 20.8 Å². The Balaban J connectivity index is 1.42. The Kier molecular flexibility index (Phi) is 6.30. The van der Waals surface area contributed by atoms with E-state index < -0.39 is 0 Å². The van der Waals surface area contributed by atoms with Gasteiger partial charge in [-0.3, -0.25) is 14.5 Å². The number of nitrogens with one attached hydrogen (secondary N) is 2. The Morgan fingerprint density at radius 2 is 1.56 bits per heavy atom. The predicted molar refractivity (Wildman–Crippen MR) is 126 cm³/mol. The molecular formula is C24H22ClN3O4. The fourth-order valence-electron chi connectivity index (χ4n) is 3.51. The topological polar surface area (TPSA) is 83.8 Å². The zero-order valence-corrected chi connectivity index (χ0v) is 18.4. The van der Waals surface area contributed by atoms with Crippen LogP contribution in [0.4, 0.5) is 11.4 Å². The number of hydrogen-bond acceptors (Lipinski definition) is 5. The lowest BCUT2D eigenvalue weighted by Gasteiger charge is -2.17. The molecule has 1 heterocycles. The van der Waals surface area contributed by atoms with Crippen LogP contribution in [-0.4, -0.2) is 44.0 Å². The molecule has 0 aliphatic heterocycles. The summed E-state index contributed by atoms with van der Waals surface area (Å²) < 4.78 is 11.4. The van der Waals surface area contributed by atoms with Crippen LogP contribution in [0.3, 0.4) is 0 Å². The number of fused-ring (bicyclic) bond motifs is 3. The number of para-hydroxylation sites is 2. The van der Waals surface area contributed by atoms with Crippen molar-refractivity contribution >= 4 is 56.7 Å². The Hall–Kier alpha value is -3.55. The van der Waals surface area contributed by atoms with Crippen molar-refractivity contribution in [3.63, 3.8) is 0 Å². The number of carbonyl (C=O) groups is 2. The standard InChI is InChI=1S/C24H22ClN3O4/c1-28(13-23(29)26-18-9-5-4-8-17(18)25)14-24(30)27-19-12-21-16(11-22(19)31-2)15-7-3-6-10-20(15)32-21/h3-12H,13-14H2,1-2H3,(H,26,29)(H,27,30). The van der Waals surface area contributed by atoms with E-state index >= 15 is 0 Å². The molecule has 2 amide bonds. The summed E-state index contributed by atoms with van der Waals surface area (Å²) in [6.07, 6.45) is 0. The predicted octanol–water partition coefficient (Wildman–Crippen LogP) is 4.76. The molecule has 0 saturated carbocycles. The molecule has 4 aromatic rings. The fourth-order valence-corrected chi connectivity index (χ4v) is 3.69. The number of furan rings is 1. The van der Waals surface area contributed by atoms with Gasteiger partial charge in [0.15, 0.2) is 0 Å². The lowest BCUT2D eigenvalue weighted by molar-refractivity contribution is -0.119. The second kappa shape index (κ2) is 9.30. The SMILES string of the molecule is COc1cc2c(cc1NC(=O)CN(C)CC(=O)Nc1ccccc1Cl)oc1ccccc12. The number of hydrogen-bond donors (Lipinski definition) is 2. The van der Waals surface area contributed by atoms with Gasteiger partial charge in [0, 0.05) is 16.8 Å². The molecule has 0 unspecified atom stereocenters. The summed E-state index contributed by atoms with van der Waals surface area (Å²) >= 11 is 6.06. The largest absolute Gasteiger partial charge is 0.495 e. The molecule has 32 heavy (non-hydrogen) atoms. The number of rotatable bonds is 7. The molecule has 1 aromatic heterocycles. The van der Waals surface area contributed by atoms with Crippen molar-refractivity contribution in [2.75, 3.05) is 37.9 Å². The van der Waals surface area contributed by atoms with Gasteiger partial charge in [0.05, 0.1) is 36.6 Å². The molecule has 3 aromatic carbocycles. The summed E-state index contributed by atoms with van der Waals surface area (Å²) in [5.41, 5.74) is 2.44. The highest BCUT2D eigenvalue weighted by atomic mass is 35.5. The van der Waals surface area contributed by atoms with Gasteiger partial charge >= 0.3 is 0 Å². The van der Waals surface area contributed by atoms with Crippen LogP contribution >= 0.6 is 11.6 Å². The van der Waals surface area contributed by atoms with Gasteiger partial charge in [0.1, 0.15) is 16.9 Å². The van der Waals surface area contributed by atoms with Gasteiger partial charge in [-0.2, -0.15) is 0 Å². The Bertz CT molecular complexity index is 1300. The van der Waals surface area contributed by atoms with E-state index in [1.807, 2.05) is 30.3 Å². The van der Waals surface area contributed by atoms with E-state index in [1.54, 1.807) is 49.4 Å². The van der Waals surface area contributed by atoms with Crippen LogP contribution in [0.2, 0.25) is 5.02 Å². The van der Waals surface area contributed by atoms with Gasteiger partial charge in [-0.25, -0.2) is 0 Å². The summed E-state index contributed by atoms with van der Waals surface area (Å²) in [6.45, 7) is 0.0374. The second-order valence-corrected chi connectivity index (χ2v) is 7.80. The number of halogens is 1. The van der Waals surface area contributed by atoms with Gasteiger partial charge in [-0.15, -0.1) is 0 Å². The highest BCUT2D eigenvalue weighted by molar-refractivity contribution is 6.33. The molecule has 0 spiro atoms. The summed E-state index contributed by atoms with van der Waals surface area (Å²) in [6, 6.07) is 18.3. The summed E-state index contributed by atoms with van der Waals surface area (Å²) in [7, 11) is 3.23. The van der Waals surface area contributed by atoms with Crippen LogP contribution in [0.25, 0.3) is 21.9 Å². The summed E-state index contributed by atoms with van der Waals surface area (Å²) in [5.74, 6) is -0.0296. The maximum atomic E-state index is 12.6. The molecule has 0 saturated heterocycles. The van der Waals surface area contributed by atoms with Gasteiger partial charge in [-0.1, -0.05) is 41.9 Å².